The Labute approximate surface area is 118 Å². The molecule has 2 aliphatic rings. The molecule has 0 spiro atoms. The average molecular weight is 278 g/mol. The number of rotatable bonds is 2. The number of anilines is 1. The Morgan fingerprint density at radius 3 is 2.95 bits per heavy atom. The summed E-state index contributed by atoms with van der Waals surface area (Å²) in [6.07, 6.45) is 3.64. The van der Waals surface area contributed by atoms with Crippen LogP contribution in [0.25, 0.3) is 0 Å². The van der Waals surface area contributed by atoms with E-state index in [-0.39, 0.29) is 11.9 Å². The number of nitrogen functional groups attached to an aromatic ring is 1. The second-order valence-corrected chi connectivity index (χ2v) is 6.03. The lowest BCUT2D eigenvalue weighted by Crippen LogP contribution is -2.38. The molecule has 0 aromatic carbocycles. The van der Waals surface area contributed by atoms with Crippen LogP contribution in [-0.2, 0) is 4.74 Å². The van der Waals surface area contributed by atoms with Crippen molar-refractivity contribution in [1.82, 2.24) is 15.1 Å². The van der Waals surface area contributed by atoms with Crippen molar-refractivity contribution in [2.75, 3.05) is 25.5 Å². The Kier molecular flexibility index (Phi) is 3.52. The molecule has 0 radical (unpaired) electrons. The van der Waals surface area contributed by atoms with Gasteiger partial charge in [0.05, 0.1) is 17.2 Å². The van der Waals surface area contributed by atoms with Crippen molar-refractivity contribution in [3.05, 3.63) is 11.8 Å². The highest BCUT2D eigenvalue weighted by molar-refractivity contribution is 5.86. The van der Waals surface area contributed by atoms with E-state index in [9.17, 15) is 4.79 Å². The lowest BCUT2D eigenvalue weighted by atomic mass is 9.81. The smallest absolute Gasteiger partial charge is 0.254 e. The maximum absolute atomic E-state index is 12.7. The summed E-state index contributed by atoms with van der Waals surface area (Å²) in [4.78, 5) is 12.7. The Morgan fingerprint density at radius 1 is 1.55 bits per heavy atom. The Balaban J connectivity index is 1.84. The summed E-state index contributed by atoms with van der Waals surface area (Å²) in [5.41, 5.74) is 6.46. The largest absolute Gasteiger partial charge is 0.383 e. The molecule has 2 fully saturated rings. The van der Waals surface area contributed by atoms with Gasteiger partial charge in [-0.3, -0.25) is 4.79 Å². The number of nitrogens with one attached hydrogen (secondary N) is 1. The molecule has 1 unspecified atom stereocenters. The van der Waals surface area contributed by atoms with Crippen LogP contribution in [0.2, 0.25) is 0 Å². The van der Waals surface area contributed by atoms with Crippen LogP contribution < -0.4 is 11.1 Å². The summed E-state index contributed by atoms with van der Waals surface area (Å²) in [5, 5.41) is 7.83. The van der Waals surface area contributed by atoms with Gasteiger partial charge in [-0.25, -0.2) is 0 Å². The van der Waals surface area contributed by atoms with Gasteiger partial charge in [-0.1, -0.05) is 6.92 Å². The molecule has 110 valence electrons. The highest BCUT2D eigenvalue weighted by Crippen LogP contribution is 2.33. The Bertz CT molecular complexity index is 499. The quantitative estimate of drug-likeness (QED) is 0.853. The number of hydrogen-bond donors (Lipinski definition) is 2. The van der Waals surface area contributed by atoms with Crippen molar-refractivity contribution in [3.8, 4) is 0 Å². The van der Waals surface area contributed by atoms with Crippen LogP contribution in [-0.4, -0.2) is 35.4 Å². The molecule has 1 aromatic rings. The molecule has 6 nitrogen and oxygen atoms in total. The Hall–Kier alpha value is -1.40. The molecule has 3 rings (SSSR count). The first kappa shape index (κ1) is 13.6. The van der Waals surface area contributed by atoms with Gasteiger partial charge in [0, 0.05) is 19.3 Å². The number of aromatic nitrogens is 2. The van der Waals surface area contributed by atoms with E-state index in [2.05, 4.69) is 10.4 Å². The fourth-order valence-electron chi connectivity index (χ4n) is 2.98. The summed E-state index contributed by atoms with van der Waals surface area (Å²) in [7, 11) is 0. The van der Waals surface area contributed by atoms with Crippen LogP contribution in [0.4, 0.5) is 5.82 Å². The first-order chi connectivity index (χ1) is 9.60. The van der Waals surface area contributed by atoms with E-state index in [1.54, 1.807) is 0 Å². The van der Waals surface area contributed by atoms with Gasteiger partial charge in [0.2, 0.25) is 0 Å². The zero-order valence-electron chi connectivity index (χ0n) is 11.9. The van der Waals surface area contributed by atoms with E-state index in [1.807, 2.05) is 13.0 Å². The van der Waals surface area contributed by atoms with Gasteiger partial charge in [0.1, 0.15) is 5.82 Å². The average Bonchev–Trinajstić information content (AvgIpc) is 3.07. The van der Waals surface area contributed by atoms with Crippen LogP contribution in [0.5, 0.6) is 0 Å². The molecule has 2 saturated heterocycles. The second kappa shape index (κ2) is 5.18. The van der Waals surface area contributed by atoms with Crippen LogP contribution in [0.15, 0.2) is 6.07 Å². The second-order valence-electron chi connectivity index (χ2n) is 6.03. The SMILES string of the molecule is CC1(C(=O)n2nc(C3CCCN3)cc2N)CCOCC1. The molecule has 3 N–H and O–H groups in total. The van der Waals surface area contributed by atoms with E-state index in [4.69, 9.17) is 10.5 Å². The molecule has 3 heterocycles. The highest BCUT2D eigenvalue weighted by Gasteiger charge is 2.37. The summed E-state index contributed by atoms with van der Waals surface area (Å²) < 4.78 is 6.73. The zero-order valence-corrected chi connectivity index (χ0v) is 11.9. The van der Waals surface area contributed by atoms with Gasteiger partial charge in [0.25, 0.3) is 5.91 Å². The lowest BCUT2D eigenvalue weighted by molar-refractivity contribution is 0.0168. The summed E-state index contributed by atoms with van der Waals surface area (Å²) in [6, 6.07) is 2.05. The fourth-order valence-corrected chi connectivity index (χ4v) is 2.98. The fraction of sp³-hybridized carbons (Fsp3) is 0.714. The molecule has 0 saturated carbocycles. The topological polar surface area (TPSA) is 82.2 Å². The number of carbonyl (C=O) groups is 1. The third-order valence-electron chi connectivity index (χ3n) is 4.48. The molecule has 2 aliphatic heterocycles. The number of carbonyl (C=O) groups excluding carboxylic acids is 1. The van der Waals surface area contributed by atoms with Crippen molar-refractivity contribution in [1.29, 1.82) is 0 Å². The van der Waals surface area contributed by atoms with Gasteiger partial charge in [-0.05, 0) is 32.2 Å². The van der Waals surface area contributed by atoms with Crippen molar-refractivity contribution in [3.63, 3.8) is 0 Å². The molecular weight excluding hydrogens is 256 g/mol. The van der Waals surface area contributed by atoms with Crippen LogP contribution >= 0.6 is 0 Å². The summed E-state index contributed by atoms with van der Waals surface area (Å²) in [6.45, 7) is 4.23. The van der Waals surface area contributed by atoms with Crippen molar-refractivity contribution in [2.45, 2.75) is 38.6 Å². The zero-order chi connectivity index (χ0) is 14.2. The van der Waals surface area contributed by atoms with Crippen LogP contribution in [0, 0.1) is 5.41 Å². The molecule has 0 amide bonds. The van der Waals surface area contributed by atoms with Gasteiger partial charge >= 0.3 is 0 Å². The van der Waals surface area contributed by atoms with E-state index in [1.165, 1.54) is 4.68 Å². The van der Waals surface area contributed by atoms with E-state index >= 15 is 0 Å². The van der Waals surface area contributed by atoms with Gasteiger partial charge in [-0.15, -0.1) is 0 Å². The minimum atomic E-state index is -0.418. The highest BCUT2D eigenvalue weighted by atomic mass is 16.5. The normalized spacial score (nSPS) is 25.8. The number of nitrogens with two attached hydrogens (primary N) is 1. The summed E-state index contributed by atoms with van der Waals surface area (Å²) in [5.74, 6) is 0.425. The molecule has 6 heteroatoms. The maximum atomic E-state index is 12.7. The molecular formula is C14H22N4O2. The molecule has 0 aliphatic carbocycles. The van der Waals surface area contributed by atoms with Gasteiger partial charge in [0.15, 0.2) is 0 Å². The van der Waals surface area contributed by atoms with Crippen molar-refractivity contribution >= 4 is 11.7 Å². The first-order valence-corrected chi connectivity index (χ1v) is 7.31. The maximum Gasteiger partial charge on any atom is 0.254 e. The third kappa shape index (κ3) is 2.33. The van der Waals surface area contributed by atoms with E-state index in [0.717, 1.165) is 37.9 Å². The minimum absolute atomic E-state index is 0.0115. The lowest BCUT2D eigenvalue weighted by Gasteiger charge is -2.31. The van der Waals surface area contributed by atoms with E-state index in [0.29, 0.717) is 19.0 Å². The molecule has 1 aromatic heterocycles. The van der Waals surface area contributed by atoms with Crippen molar-refractivity contribution < 1.29 is 9.53 Å². The third-order valence-corrected chi connectivity index (χ3v) is 4.48. The Morgan fingerprint density at radius 2 is 2.30 bits per heavy atom. The predicted molar refractivity (Wildman–Crippen MR) is 75.4 cm³/mol. The molecule has 1 atom stereocenters. The van der Waals surface area contributed by atoms with Gasteiger partial charge in [-0.2, -0.15) is 9.78 Å². The first-order valence-electron chi connectivity index (χ1n) is 7.31. The molecule has 0 bridgehead atoms. The van der Waals surface area contributed by atoms with Gasteiger partial charge < -0.3 is 15.8 Å². The van der Waals surface area contributed by atoms with Crippen LogP contribution in [0.3, 0.4) is 0 Å². The van der Waals surface area contributed by atoms with Crippen molar-refractivity contribution in [2.24, 2.45) is 5.41 Å². The monoisotopic (exact) mass is 278 g/mol. The number of hydrogen-bond acceptors (Lipinski definition) is 5. The number of ether oxygens (including phenoxy) is 1. The molecule has 20 heavy (non-hydrogen) atoms. The van der Waals surface area contributed by atoms with E-state index < -0.39 is 5.41 Å². The predicted octanol–water partition coefficient (Wildman–Crippen LogP) is 1.35. The number of nitrogens with zero attached hydrogens (tertiary/aromatic N) is 2. The van der Waals surface area contributed by atoms with Crippen LogP contribution in [0.1, 0.15) is 49.1 Å². The minimum Gasteiger partial charge on any atom is -0.383 e. The summed E-state index contributed by atoms with van der Waals surface area (Å²) >= 11 is 0. The standard InChI is InChI=1S/C14H22N4O2/c1-14(4-7-20-8-5-14)13(19)18-12(15)9-11(17-18)10-3-2-6-16-10/h9-10,16H,2-8,15H2,1H3.